The lowest BCUT2D eigenvalue weighted by molar-refractivity contribution is -0.119. The Hall–Kier alpha value is -2.09. The van der Waals surface area contributed by atoms with Crippen LogP contribution in [-0.2, 0) is 4.79 Å². The van der Waals surface area contributed by atoms with Gasteiger partial charge in [0.2, 0.25) is 5.91 Å². The number of hydrogen-bond acceptors (Lipinski definition) is 3. The molecule has 1 amide bonds. The Morgan fingerprint density at radius 1 is 1.56 bits per heavy atom. The van der Waals surface area contributed by atoms with Gasteiger partial charge < -0.3 is 10.2 Å². The van der Waals surface area contributed by atoms with Crippen molar-refractivity contribution in [1.82, 2.24) is 5.32 Å². The van der Waals surface area contributed by atoms with Gasteiger partial charge in [0.25, 0.3) is 0 Å². The maximum absolute atomic E-state index is 13.3. The first kappa shape index (κ1) is 12.4. The highest BCUT2D eigenvalue weighted by Gasteiger charge is 2.23. The van der Waals surface area contributed by atoms with Crippen LogP contribution in [0.3, 0.4) is 0 Å². The third-order valence-corrected chi connectivity index (χ3v) is 2.78. The molecular formula is C13H14FN3O. The van der Waals surface area contributed by atoms with Crippen LogP contribution in [-0.4, -0.2) is 25.5 Å². The molecule has 1 aliphatic carbocycles. The number of amides is 1. The molecule has 0 radical (unpaired) electrons. The number of carbonyl (C=O) groups excluding carboxylic acids is 1. The van der Waals surface area contributed by atoms with E-state index in [1.165, 1.54) is 12.1 Å². The van der Waals surface area contributed by atoms with Gasteiger partial charge in [-0.2, -0.15) is 5.26 Å². The SMILES string of the molecule is CN(CC(=O)NC1CC1)c1cc(F)cc(C#N)c1. The molecule has 0 bridgehead atoms. The van der Waals surface area contributed by atoms with Gasteiger partial charge in [0, 0.05) is 18.8 Å². The maximum atomic E-state index is 13.3. The van der Waals surface area contributed by atoms with Crippen molar-refractivity contribution in [3.63, 3.8) is 0 Å². The minimum absolute atomic E-state index is 0.0808. The molecule has 4 nitrogen and oxygen atoms in total. The lowest BCUT2D eigenvalue weighted by Gasteiger charge is -2.19. The van der Waals surface area contributed by atoms with Crippen LogP contribution in [0.25, 0.3) is 0 Å². The van der Waals surface area contributed by atoms with Crippen LogP contribution in [0.4, 0.5) is 10.1 Å². The molecule has 94 valence electrons. The van der Waals surface area contributed by atoms with Gasteiger partial charge >= 0.3 is 0 Å². The molecule has 0 aromatic heterocycles. The number of hydrogen-bond donors (Lipinski definition) is 1. The topological polar surface area (TPSA) is 56.1 Å². The smallest absolute Gasteiger partial charge is 0.239 e. The second kappa shape index (κ2) is 5.05. The molecule has 1 fully saturated rings. The molecule has 0 aliphatic heterocycles. The van der Waals surface area contributed by atoms with E-state index in [0.717, 1.165) is 12.8 Å². The summed E-state index contributed by atoms with van der Waals surface area (Å²) in [4.78, 5) is 13.2. The van der Waals surface area contributed by atoms with Crippen molar-refractivity contribution >= 4 is 11.6 Å². The highest BCUT2D eigenvalue weighted by Crippen LogP contribution is 2.19. The first-order valence-corrected chi connectivity index (χ1v) is 5.79. The zero-order valence-electron chi connectivity index (χ0n) is 10.1. The van der Waals surface area contributed by atoms with Gasteiger partial charge in [0.1, 0.15) is 5.82 Å². The Kier molecular flexibility index (Phi) is 3.47. The highest BCUT2D eigenvalue weighted by molar-refractivity contribution is 5.81. The van der Waals surface area contributed by atoms with Crippen LogP contribution in [0.15, 0.2) is 18.2 Å². The van der Waals surface area contributed by atoms with Gasteiger partial charge in [-0.25, -0.2) is 4.39 Å². The summed E-state index contributed by atoms with van der Waals surface area (Å²) >= 11 is 0. The van der Waals surface area contributed by atoms with Gasteiger partial charge in [-0.3, -0.25) is 4.79 Å². The summed E-state index contributed by atoms with van der Waals surface area (Å²) in [5.41, 5.74) is 0.775. The van der Waals surface area contributed by atoms with Gasteiger partial charge in [-0.05, 0) is 31.0 Å². The average Bonchev–Trinajstić information content (AvgIpc) is 3.11. The predicted molar refractivity (Wildman–Crippen MR) is 65.5 cm³/mol. The van der Waals surface area contributed by atoms with E-state index in [0.29, 0.717) is 11.7 Å². The first-order chi connectivity index (χ1) is 8.58. The zero-order valence-corrected chi connectivity index (χ0v) is 10.1. The molecule has 0 heterocycles. The summed E-state index contributed by atoms with van der Waals surface area (Å²) in [7, 11) is 1.70. The van der Waals surface area contributed by atoms with E-state index in [-0.39, 0.29) is 18.0 Å². The molecule has 1 aromatic rings. The van der Waals surface area contributed by atoms with Crippen LogP contribution in [0, 0.1) is 17.1 Å². The second-order valence-electron chi connectivity index (χ2n) is 4.51. The van der Waals surface area contributed by atoms with Crippen molar-refractivity contribution in [3.05, 3.63) is 29.6 Å². The number of carbonyl (C=O) groups is 1. The second-order valence-corrected chi connectivity index (χ2v) is 4.51. The molecule has 0 unspecified atom stereocenters. The number of halogens is 1. The summed E-state index contributed by atoms with van der Waals surface area (Å²) in [6, 6.07) is 6.25. The van der Waals surface area contributed by atoms with Crippen molar-refractivity contribution in [2.24, 2.45) is 0 Å². The number of anilines is 1. The summed E-state index contributed by atoms with van der Waals surface area (Å²) in [5.74, 6) is -0.554. The molecule has 0 saturated heterocycles. The van der Waals surface area contributed by atoms with Crippen LogP contribution in [0.2, 0.25) is 0 Å². The molecule has 1 aromatic carbocycles. The number of nitrogens with one attached hydrogen (secondary N) is 1. The standard InChI is InChI=1S/C13H14FN3O/c1-17(8-13(18)16-11-2-3-11)12-5-9(7-15)4-10(14)6-12/h4-6,11H,2-3,8H2,1H3,(H,16,18). The summed E-state index contributed by atoms with van der Waals surface area (Å²) < 4.78 is 13.3. The highest BCUT2D eigenvalue weighted by atomic mass is 19.1. The van der Waals surface area contributed by atoms with Crippen LogP contribution in [0.1, 0.15) is 18.4 Å². The summed E-state index contributed by atoms with van der Waals surface area (Å²) in [5, 5.41) is 11.6. The Bertz CT molecular complexity index is 505. The number of nitriles is 1. The predicted octanol–water partition coefficient (Wildman–Crippen LogP) is 1.41. The summed E-state index contributed by atoms with van der Waals surface area (Å²) in [6.07, 6.45) is 2.07. The van der Waals surface area contributed by atoms with Crippen LogP contribution >= 0.6 is 0 Å². The Balaban J connectivity index is 2.03. The number of rotatable bonds is 4. The molecular weight excluding hydrogens is 233 g/mol. The monoisotopic (exact) mass is 247 g/mol. The number of likely N-dealkylation sites (N-methyl/N-ethyl adjacent to an activating group) is 1. The van der Waals surface area contributed by atoms with E-state index in [2.05, 4.69) is 5.32 Å². The minimum atomic E-state index is -0.474. The lowest BCUT2D eigenvalue weighted by atomic mass is 10.2. The van der Waals surface area contributed by atoms with Crippen molar-refractivity contribution in [1.29, 1.82) is 5.26 Å². The quantitative estimate of drug-likeness (QED) is 0.875. The van der Waals surface area contributed by atoms with Crippen LogP contribution < -0.4 is 10.2 Å². The third-order valence-electron chi connectivity index (χ3n) is 2.78. The van der Waals surface area contributed by atoms with Gasteiger partial charge in [0.15, 0.2) is 0 Å². The normalized spacial score (nSPS) is 13.8. The Morgan fingerprint density at radius 3 is 2.89 bits per heavy atom. The van der Waals surface area contributed by atoms with Gasteiger partial charge in [-0.15, -0.1) is 0 Å². The third kappa shape index (κ3) is 3.20. The summed E-state index contributed by atoms with van der Waals surface area (Å²) in [6.45, 7) is 0.158. The average molecular weight is 247 g/mol. The molecule has 2 rings (SSSR count). The van der Waals surface area contributed by atoms with E-state index in [1.807, 2.05) is 6.07 Å². The molecule has 18 heavy (non-hydrogen) atoms. The zero-order chi connectivity index (χ0) is 13.1. The van der Waals surface area contributed by atoms with Crippen molar-refractivity contribution in [2.45, 2.75) is 18.9 Å². The fraction of sp³-hybridized carbons (Fsp3) is 0.385. The fourth-order valence-corrected chi connectivity index (χ4v) is 1.67. The Labute approximate surface area is 105 Å². The largest absolute Gasteiger partial charge is 0.365 e. The maximum Gasteiger partial charge on any atom is 0.239 e. The minimum Gasteiger partial charge on any atom is -0.365 e. The van der Waals surface area contributed by atoms with E-state index in [4.69, 9.17) is 5.26 Å². The van der Waals surface area contributed by atoms with Crippen LogP contribution in [0.5, 0.6) is 0 Å². The molecule has 0 spiro atoms. The van der Waals surface area contributed by atoms with E-state index in [1.54, 1.807) is 18.0 Å². The Morgan fingerprint density at radius 2 is 2.28 bits per heavy atom. The molecule has 5 heteroatoms. The number of benzene rings is 1. The van der Waals surface area contributed by atoms with E-state index >= 15 is 0 Å². The number of nitrogens with zero attached hydrogens (tertiary/aromatic N) is 2. The van der Waals surface area contributed by atoms with Crippen molar-refractivity contribution in [2.75, 3.05) is 18.5 Å². The lowest BCUT2D eigenvalue weighted by Crippen LogP contribution is -2.36. The molecule has 0 atom stereocenters. The first-order valence-electron chi connectivity index (χ1n) is 5.79. The molecule has 1 saturated carbocycles. The molecule has 1 aliphatic rings. The molecule has 1 N–H and O–H groups in total. The van der Waals surface area contributed by atoms with Gasteiger partial charge in [-0.1, -0.05) is 0 Å². The van der Waals surface area contributed by atoms with E-state index < -0.39 is 5.82 Å². The van der Waals surface area contributed by atoms with Crippen molar-refractivity contribution < 1.29 is 9.18 Å². The van der Waals surface area contributed by atoms with Crippen molar-refractivity contribution in [3.8, 4) is 6.07 Å². The van der Waals surface area contributed by atoms with Gasteiger partial charge in [0.05, 0.1) is 18.2 Å². The van der Waals surface area contributed by atoms with E-state index in [9.17, 15) is 9.18 Å². The fourth-order valence-electron chi connectivity index (χ4n) is 1.67.